The second-order valence-corrected chi connectivity index (χ2v) is 3.01. The molecule has 0 bridgehead atoms. The van der Waals surface area contributed by atoms with Crippen molar-refractivity contribution < 1.29 is 14.6 Å². The Morgan fingerprint density at radius 3 is 3.07 bits per heavy atom. The summed E-state index contributed by atoms with van der Waals surface area (Å²) in [6, 6.07) is 0. The summed E-state index contributed by atoms with van der Waals surface area (Å²) in [6.07, 6.45) is 5.36. The number of hydrogen-bond donors (Lipinski definition) is 1. The molecule has 14 heavy (non-hydrogen) atoms. The molecular weight excluding hydrogens is 184 g/mol. The molecule has 0 fully saturated rings. The van der Waals surface area contributed by atoms with Gasteiger partial charge < -0.3 is 14.4 Å². The summed E-state index contributed by atoms with van der Waals surface area (Å²) < 4.78 is 6.99. The molecule has 0 aliphatic carbocycles. The zero-order valence-electron chi connectivity index (χ0n) is 8.09. The quantitative estimate of drug-likeness (QED) is 0.685. The maximum atomic E-state index is 10.4. The van der Waals surface area contributed by atoms with Crippen LogP contribution in [0, 0.1) is 0 Å². The fourth-order valence-corrected chi connectivity index (χ4v) is 0.998. The van der Waals surface area contributed by atoms with E-state index >= 15 is 0 Å². The van der Waals surface area contributed by atoms with E-state index in [4.69, 9.17) is 9.84 Å². The maximum Gasteiger partial charge on any atom is 0.332 e. The van der Waals surface area contributed by atoms with Crippen LogP contribution in [0.25, 0.3) is 0 Å². The van der Waals surface area contributed by atoms with E-state index in [1.54, 1.807) is 12.5 Å². The van der Waals surface area contributed by atoms with Gasteiger partial charge in [-0.3, -0.25) is 0 Å². The van der Waals surface area contributed by atoms with Gasteiger partial charge in [-0.25, -0.2) is 9.78 Å². The first-order valence-corrected chi connectivity index (χ1v) is 4.50. The lowest BCUT2D eigenvalue weighted by atomic mass is 10.4. The van der Waals surface area contributed by atoms with E-state index in [-0.39, 0.29) is 0 Å². The number of rotatable bonds is 6. The van der Waals surface area contributed by atoms with Crippen molar-refractivity contribution in [3.8, 4) is 0 Å². The zero-order valence-corrected chi connectivity index (χ0v) is 8.09. The second kappa shape index (κ2) is 5.39. The van der Waals surface area contributed by atoms with E-state index in [1.807, 2.05) is 10.8 Å². The van der Waals surface area contributed by atoms with Crippen molar-refractivity contribution in [2.45, 2.75) is 26.0 Å². The molecule has 5 nitrogen and oxygen atoms in total. The summed E-state index contributed by atoms with van der Waals surface area (Å²) in [4.78, 5) is 14.3. The van der Waals surface area contributed by atoms with Gasteiger partial charge in [0, 0.05) is 25.5 Å². The summed E-state index contributed by atoms with van der Waals surface area (Å²) >= 11 is 0. The Kier molecular flexibility index (Phi) is 4.12. The van der Waals surface area contributed by atoms with Crippen LogP contribution in [0.15, 0.2) is 18.7 Å². The van der Waals surface area contributed by atoms with E-state index in [9.17, 15) is 4.79 Å². The Morgan fingerprint density at radius 2 is 2.50 bits per heavy atom. The lowest BCUT2D eigenvalue weighted by Crippen LogP contribution is -2.20. The highest BCUT2D eigenvalue weighted by Gasteiger charge is 2.09. The normalized spacial score (nSPS) is 12.6. The van der Waals surface area contributed by atoms with Gasteiger partial charge in [0.15, 0.2) is 6.10 Å². The largest absolute Gasteiger partial charge is 0.479 e. The van der Waals surface area contributed by atoms with E-state index in [1.165, 1.54) is 6.92 Å². The highest BCUT2D eigenvalue weighted by molar-refractivity contribution is 5.71. The van der Waals surface area contributed by atoms with E-state index in [2.05, 4.69) is 4.98 Å². The first-order valence-electron chi connectivity index (χ1n) is 4.50. The number of aryl methyl sites for hydroxylation is 1. The monoisotopic (exact) mass is 198 g/mol. The van der Waals surface area contributed by atoms with Crippen molar-refractivity contribution in [1.29, 1.82) is 0 Å². The molecule has 0 aliphatic rings. The number of imidazole rings is 1. The first kappa shape index (κ1) is 10.7. The molecule has 0 unspecified atom stereocenters. The minimum absolute atomic E-state index is 0.450. The number of aliphatic carboxylic acids is 1. The molecule has 1 aromatic heterocycles. The van der Waals surface area contributed by atoms with Crippen LogP contribution >= 0.6 is 0 Å². The van der Waals surface area contributed by atoms with Crippen LogP contribution in [0.5, 0.6) is 0 Å². The Balaban J connectivity index is 2.08. The molecule has 78 valence electrons. The highest BCUT2D eigenvalue weighted by Crippen LogP contribution is 1.95. The third-order valence-corrected chi connectivity index (χ3v) is 1.84. The molecule has 1 rings (SSSR count). The maximum absolute atomic E-state index is 10.4. The van der Waals surface area contributed by atoms with Gasteiger partial charge in [0.2, 0.25) is 0 Å². The molecular formula is C9H14N2O3. The summed E-state index contributed by atoms with van der Waals surface area (Å²) in [5.74, 6) is -0.923. The molecule has 1 aromatic rings. The highest BCUT2D eigenvalue weighted by atomic mass is 16.5. The van der Waals surface area contributed by atoms with Gasteiger partial charge in [-0.05, 0) is 13.3 Å². The summed E-state index contributed by atoms with van der Waals surface area (Å²) in [5, 5.41) is 8.53. The minimum atomic E-state index is -0.923. The van der Waals surface area contributed by atoms with Crippen LogP contribution < -0.4 is 0 Å². The van der Waals surface area contributed by atoms with Crippen molar-refractivity contribution >= 4 is 5.97 Å². The molecule has 1 atom stereocenters. The van der Waals surface area contributed by atoms with Gasteiger partial charge >= 0.3 is 5.97 Å². The van der Waals surface area contributed by atoms with Crippen molar-refractivity contribution in [2.75, 3.05) is 6.61 Å². The number of carboxylic acids is 1. The SMILES string of the molecule is C[C@H](OCCCn1ccnc1)C(=O)O. The lowest BCUT2D eigenvalue weighted by molar-refractivity contribution is -0.149. The fourth-order valence-electron chi connectivity index (χ4n) is 0.998. The number of nitrogens with zero attached hydrogens (tertiary/aromatic N) is 2. The van der Waals surface area contributed by atoms with Gasteiger partial charge in [0.05, 0.1) is 6.33 Å². The molecule has 0 aliphatic heterocycles. The van der Waals surface area contributed by atoms with Gasteiger partial charge in [-0.2, -0.15) is 0 Å². The molecule has 0 spiro atoms. The Bertz CT molecular complexity index is 272. The topological polar surface area (TPSA) is 64.4 Å². The predicted molar refractivity (Wildman–Crippen MR) is 49.9 cm³/mol. The number of ether oxygens (including phenoxy) is 1. The van der Waals surface area contributed by atoms with E-state index in [0.717, 1.165) is 13.0 Å². The second-order valence-electron chi connectivity index (χ2n) is 3.01. The van der Waals surface area contributed by atoms with Gasteiger partial charge in [0.25, 0.3) is 0 Å². The van der Waals surface area contributed by atoms with Crippen LogP contribution in [-0.4, -0.2) is 33.3 Å². The van der Waals surface area contributed by atoms with Crippen LogP contribution in [0.3, 0.4) is 0 Å². The van der Waals surface area contributed by atoms with Crippen LogP contribution in [0.2, 0.25) is 0 Å². The predicted octanol–water partition coefficient (Wildman–Crippen LogP) is 0.763. The third kappa shape index (κ3) is 3.57. The van der Waals surface area contributed by atoms with Gasteiger partial charge in [0.1, 0.15) is 0 Å². The van der Waals surface area contributed by atoms with E-state index < -0.39 is 12.1 Å². The third-order valence-electron chi connectivity index (χ3n) is 1.84. The van der Waals surface area contributed by atoms with Crippen molar-refractivity contribution in [3.05, 3.63) is 18.7 Å². The molecule has 1 N–H and O–H groups in total. The van der Waals surface area contributed by atoms with Crippen molar-refractivity contribution in [3.63, 3.8) is 0 Å². The standard InChI is InChI=1S/C9H14N2O3/c1-8(9(12)13)14-6-2-4-11-5-3-10-7-11/h3,5,7-8H,2,4,6H2,1H3,(H,12,13)/t8-/m0/s1. The Labute approximate surface area is 82.3 Å². The van der Waals surface area contributed by atoms with Gasteiger partial charge in [-0.1, -0.05) is 0 Å². The van der Waals surface area contributed by atoms with Crippen LogP contribution in [0.4, 0.5) is 0 Å². The Morgan fingerprint density at radius 1 is 1.71 bits per heavy atom. The Hall–Kier alpha value is -1.36. The van der Waals surface area contributed by atoms with Crippen molar-refractivity contribution in [1.82, 2.24) is 9.55 Å². The molecule has 0 aromatic carbocycles. The fraction of sp³-hybridized carbons (Fsp3) is 0.556. The summed E-state index contributed by atoms with van der Waals surface area (Å²) in [7, 11) is 0. The number of hydrogen-bond acceptors (Lipinski definition) is 3. The first-order chi connectivity index (χ1) is 6.70. The van der Waals surface area contributed by atoms with Crippen LogP contribution in [0.1, 0.15) is 13.3 Å². The number of carbonyl (C=O) groups is 1. The van der Waals surface area contributed by atoms with Gasteiger partial charge in [-0.15, -0.1) is 0 Å². The molecule has 0 amide bonds. The molecule has 0 radical (unpaired) electrons. The smallest absolute Gasteiger partial charge is 0.332 e. The molecule has 5 heteroatoms. The molecule has 1 heterocycles. The number of aromatic nitrogens is 2. The summed E-state index contributed by atoms with van der Waals surface area (Å²) in [5.41, 5.74) is 0. The van der Waals surface area contributed by atoms with E-state index in [0.29, 0.717) is 6.61 Å². The van der Waals surface area contributed by atoms with Crippen molar-refractivity contribution in [2.24, 2.45) is 0 Å². The average Bonchev–Trinajstić information content (AvgIpc) is 2.64. The minimum Gasteiger partial charge on any atom is -0.479 e. The average molecular weight is 198 g/mol. The summed E-state index contributed by atoms with van der Waals surface area (Å²) in [6.45, 7) is 2.78. The molecule has 0 saturated heterocycles. The lowest BCUT2D eigenvalue weighted by Gasteiger charge is -2.08. The molecule has 0 saturated carbocycles. The van der Waals surface area contributed by atoms with Crippen LogP contribution in [-0.2, 0) is 16.1 Å². The zero-order chi connectivity index (χ0) is 10.4. The number of carboxylic acid groups (broad SMARTS) is 1.